The first-order chi connectivity index (χ1) is 16.9. The van der Waals surface area contributed by atoms with E-state index in [0.29, 0.717) is 30.6 Å². The number of hydrogen-bond donors (Lipinski definition) is 1. The molecule has 35 heavy (non-hydrogen) atoms. The van der Waals surface area contributed by atoms with Crippen LogP contribution >= 0.6 is 0 Å². The van der Waals surface area contributed by atoms with Gasteiger partial charge in [0.2, 0.25) is 11.8 Å². The Kier molecular flexibility index (Phi) is 7.44. The van der Waals surface area contributed by atoms with E-state index in [1.807, 2.05) is 43.3 Å². The Morgan fingerprint density at radius 3 is 2.54 bits per heavy atom. The van der Waals surface area contributed by atoms with Crippen molar-refractivity contribution in [2.24, 2.45) is 0 Å². The van der Waals surface area contributed by atoms with Gasteiger partial charge in [0.25, 0.3) is 5.91 Å². The zero-order valence-corrected chi connectivity index (χ0v) is 20.1. The van der Waals surface area contributed by atoms with Gasteiger partial charge in [-0.1, -0.05) is 49.4 Å². The van der Waals surface area contributed by atoms with E-state index in [0.717, 1.165) is 22.9 Å². The smallest absolute Gasteiger partial charge is 0.258 e. The second-order valence-electron chi connectivity index (χ2n) is 8.82. The Morgan fingerprint density at radius 2 is 1.80 bits per heavy atom. The standard InChI is InChI=1S/C28H30FN3O3/c1-3-16-30-27(34)19(2)32(18-21-9-4-5-13-23(21)29)25(33)15-8-17-31-24-14-7-11-20-10-6-12-22(26(20)24)28(31)35/h4-7,9-14,19H,3,8,15-18H2,1-2H3,(H,30,34)/t19-/m1/s1. The van der Waals surface area contributed by atoms with Crippen LogP contribution in [0, 0.1) is 5.82 Å². The molecule has 1 N–H and O–H groups in total. The number of benzene rings is 3. The molecule has 1 aliphatic rings. The number of nitrogens with one attached hydrogen (secondary N) is 1. The highest BCUT2D eigenvalue weighted by molar-refractivity contribution is 6.25. The van der Waals surface area contributed by atoms with Crippen molar-refractivity contribution in [1.82, 2.24) is 10.2 Å². The lowest BCUT2D eigenvalue weighted by molar-refractivity contribution is -0.140. The van der Waals surface area contributed by atoms with Crippen LogP contribution in [0.3, 0.4) is 0 Å². The number of carbonyl (C=O) groups excluding carboxylic acids is 3. The van der Waals surface area contributed by atoms with Crippen LogP contribution in [0.5, 0.6) is 0 Å². The minimum atomic E-state index is -0.750. The molecule has 0 fully saturated rings. The first-order valence-electron chi connectivity index (χ1n) is 12.1. The van der Waals surface area contributed by atoms with Gasteiger partial charge in [-0.25, -0.2) is 4.39 Å². The third-order valence-electron chi connectivity index (χ3n) is 6.44. The summed E-state index contributed by atoms with van der Waals surface area (Å²) >= 11 is 0. The molecule has 0 saturated carbocycles. The van der Waals surface area contributed by atoms with E-state index in [2.05, 4.69) is 5.32 Å². The van der Waals surface area contributed by atoms with E-state index in [1.165, 1.54) is 11.0 Å². The number of carbonyl (C=O) groups is 3. The van der Waals surface area contributed by atoms with Gasteiger partial charge in [-0.2, -0.15) is 0 Å². The maximum Gasteiger partial charge on any atom is 0.258 e. The SMILES string of the molecule is CCCNC(=O)[C@@H](C)N(Cc1ccccc1F)C(=O)CCCN1C(=O)c2cccc3cccc1c23. The van der Waals surface area contributed by atoms with Crippen molar-refractivity contribution in [2.45, 2.75) is 45.7 Å². The van der Waals surface area contributed by atoms with Gasteiger partial charge in [-0.15, -0.1) is 0 Å². The van der Waals surface area contributed by atoms with Gasteiger partial charge in [-0.05, 0) is 43.4 Å². The number of halogens is 1. The quantitative estimate of drug-likeness (QED) is 0.464. The van der Waals surface area contributed by atoms with Gasteiger partial charge in [0.05, 0.1) is 5.69 Å². The minimum absolute atomic E-state index is 0.000385. The highest BCUT2D eigenvalue weighted by Crippen LogP contribution is 2.37. The second kappa shape index (κ2) is 10.7. The van der Waals surface area contributed by atoms with E-state index in [1.54, 1.807) is 30.0 Å². The summed E-state index contributed by atoms with van der Waals surface area (Å²) in [4.78, 5) is 42.0. The highest BCUT2D eigenvalue weighted by Gasteiger charge is 2.30. The molecule has 6 nitrogen and oxygen atoms in total. The molecule has 4 rings (SSSR count). The molecule has 0 bridgehead atoms. The van der Waals surface area contributed by atoms with Gasteiger partial charge in [-0.3, -0.25) is 14.4 Å². The maximum atomic E-state index is 14.3. The molecule has 0 radical (unpaired) electrons. The molecule has 0 aromatic heterocycles. The molecule has 0 saturated heterocycles. The van der Waals surface area contributed by atoms with Gasteiger partial charge < -0.3 is 15.1 Å². The van der Waals surface area contributed by atoms with Crippen LogP contribution in [0.2, 0.25) is 0 Å². The zero-order valence-electron chi connectivity index (χ0n) is 20.1. The fourth-order valence-electron chi connectivity index (χ4n) is 4.52. The van der Waals surface area contributed by atoms with Crippen LogP contribution in [0.15, 0.2) is 60.7 Å². The van der Waals surface area contributed by atoms with Crippen molar-refractivity contribution >= 4 is 34.2 Å². The van der Waals surface area contributed by atoms with Crippen molar-refractivity contribution < 1.29 is 18.8 Å². The van der Waals surface area contributed by atoms with Crippen LogP contribution in [0.25, 0.3) is 10.8 Å². The van der Waals surface area contributed by atoms with Gasteiger partial charge >= 0.3 is 0 Å². The summed E-state index contributed by atoms with van der Waals surface area (Å²) in [6.07, 6.45) is 1.33. The summed E-state index contributed by atoms with van der Waals surface area (Å²) < 4.78 is 14.3. The predicted octanol–water partition coefficient (Wildman–Crippen LogP) is 4.66. The average molecular weight is 476 g/mol. The lowest BCUT2D eigenvalue weighted by Gasteiger charge is -2.29. The number of nitrogens with zero attached hydrogens (tertiary/aromatic N) is 2. The van der Waals surface area contributed by atoms with Gasteiger partial charge in [0.15, 0.2) is 0 Å². The van der Waals surface area contributed by atoms with Crippen LogP contribution < -0.4 is 10.2 Å². The number of rotatable bonds is 10. The van der Waals surface area contributed by atoms with Crippen molar-refractivity contribution in [1.29, 1.82) is 0 Å². The summed E-state index contributed by atoms with van der Waals surface area (Å²) in [6.45, 7) is 4.49. The molecular formula is C28H30FN3O3. The molecule has 0 spiro atoms. The first kappa shape index (κ1) is 24.4. The largest absolute Gasteiger partial charge is 0.354 e. The summed E-state index contributed by atoms with van der Waals surface area (Å²) in [5.41, 5.74) is 1.88. The van der Waals surface area contributed by atoms with Crippen LogP contribution in [0.1, 0.15) is 49.0 Å². The number of hydrogen-bond acceptors (Lipinski definition) is 3. The summed E-state index contributed by atoms with van der Waals surface area (Å²) in [6, 6.07) is 17.0. The average Bonchev–Trinajstić information content (AvgIpc) is 3.14. The minimum Gasteiger partial charge on any atom is -0.354 e. The van der Waals surface area contributed by atoms with Crippen molar-refractivity contribution in [3.8, 4) is 0 Å². The monoisotopic (exact) mass is 475 g/mol. The normalized spacial score (nSPS) is 13.2. The first-order valence-corrected chi connectivity index (χ1v) is 12.1. The van der Waals surface area contributed by atoms with Crippen molar-refractivity contribution in [2.75, 3.05) is 18.0 Å². The molecule has 0 aliphatic carbocycles. The summed E-state index contributed by atoms with van der Waals surface area (Å²) in [5, 5.41) is 4.76. The predicted molar refractivity (Wildman–Crippen MR) is 135 cm³/mol. The summed E-state index contributed by atoms with van der Waals surface area (Å²) in [5.74, 6) is -1.01. The molecule has 7 heteroatoms. The van der Waals surface area contributed by atoms with Crippen LogP contribution in [-0.2, 0) is 16.1 Å². The molecule has 3 aromatic carbocycles. The van der Waals surface area contributed by atoms with E-state index < -0.39 is 11.9 Å². The Balaban J connectivity index is 1.46. The third kappa shape index (κ3) is 5.04. The van der Waals surface area contributed by atoms with E-state index in [4.69, 9.17) is 0 Å². The van der Waals surface area contributed by atoms with E-state index in [9.17, 15) is 18.8 Å². The van der Waals surface area contributed by atoms with Gasteiger partial charge in [0, 0.05) is 42.6 Å². The number of amides is 3. The Hall–Kier alpha value is -3.74. The summed E-state index contributed by atoms with van der Waals surface area (Å²) in [7, 11) is 0. The lowest BCUT2D eigenvalue weighted by Crippen LogP contribution is -2.48. The van der Waals surface area contributed by atoms with E-state index in [-0.39, 0.29) is 30.7 Å². The van der Waals surface area contributed by atoms with E-state index >= 15 is 0 Å². The highest BCUT2D eigenvalue weighted by atomic mass is 19.1. The molecule has 3 amide bonds. The molecule has 182 valence electrons. The molecule has 0 unspecified atom stereocenters. The molecule has 3 aromatic rings. The van der Waals surface area contributed by atoms with Crippen molar-refractivity contribution in [3.63, 3.8) is 0 Å². The topological polar surface area (TPSA) is 69.7 Å². The second-order valence-corrected chi connectivity index (χ2v) is 8.82. The Labute approximate surface area is 204 Å². The third-order valence-corrected chi connectivity index (χ3v) is 6.44. The van der Waals surface area contributed by atoms with Crippen LogP contribution in [-0.4, -0.2) is 41.8 Å². The van der Waals surface area contributed by atoms with Crippen LogP contribution in [0.4, 0.5) is 10.1 Å². The lowest BCUT2D eigenvalue weighted by atomic mass is 10.1. The Bertz CT molecular complexity index is 1250. The zero-order chi connectivity index (χ0) is 24.9. The maximum absolute atomic E-state index is 14.3. The molecule has 1 atom stereocenters. The fraction of sp³-hybridized carbons (Fsp3) is 0.321. The molecular weight excluding hydrogens is 445 g/mol. The van der Waals surface area contributed by atoms with Gasteiger partial charge in [0.1, 0.15) is 11.9 Å². The number of anilines is 1. The molecule has 1 heterocycles. The Morgan fingerprint density at radius 1 is 1.06 bits per heavy atom. The molecule has 1 aliphatic heterocycles. The van der Waals surface area contributed by atoms with Crippen molar-refractivity contribution in [3.05, 3.63) is 77.6 Å². The fourth-order valence-corrected chi connectivity index (χ4v) is 4.52.